The van der Waals surface area contributed by atoms with Gasteiger partial charge in [0.05, 0.1) is 9.86 Å². The SMILES string of the molecule is N#CC(O)c1ccc(Br)s1. The largest absolute Gasteiger partial charge is 0.373 e. The van der Waals surface area contributed by atoms with Gasteiger partial charge in [0.2, 0.25) is 0 Å². The number of aliphatic hydroxyl groups is 1. The molecule has 1 aromatic rings. The molecule has 0 radical (unpaired) electrons. The molecule has 0 bridgehead atoms. The molecule has 0 aliphatic carbocycles. The van der Waals surface area contributed by atoms with Crippen molar-refractivity contribution in [2.75, 3.05) is 0 Å². The predicted octanol–water partition coefficient (Wildman–Crippen LogP) is 2.07. The average Bonchev–Trinajstić information content (AvgIpc) is 2.34. The first-order valence-corrected chi connectivity index (χ1v) is 4.18. The second kappa shape index (κ2) is 3.15. The third-order valence-corrected chi connectivity index (χ3v) is 2.66. The summed E-state index contributed by atoms with van der Waals surface area (Å²) < 4.78 is 0.928. The van der Waals surface area contributed by atoms with Gasteiger partial charge in [-0.25, -0.2) is 0 Å². The van der Waals surface area contributed by atoms with Crippen LogP contribution in [0.25, 0.3) is 0 Å². The smallest absolute Gasteiger partial charge is 0.175 e. The summed E-state index contributed by atoms with van der Waals surface area (Å²) in [6, 6.07) is 5.27. The quantitative estimate of drug-likeness (QED) is 0.733. The van der Waals surface area contributed by atoms with Gasteiger partial charge in [-0.15, -0.1) is 11.3 Å². The highest BCUT2D eigenvalue weighted by molar-refractivity contribution is 9.11. The summed E-state index contributed by atoms with van der Waals surface area (Å²) in [5, 5.41) is 17.3. The van der Waals surface area contributed by atoms with Gasteiger partial charge in [0, 0.05) is 4.88 Å². The van der Waals surface area contributed by atoms with Gasteiger partial charge in [0.25, 0.3) is 0 Å². The van der Waals surface area contributed by atoms with E-state index in [2.05, 4.69) is 15.9 Å². The van der Waals surface area contributed by atoms with Gasteiger partial charge in [0.1, 0.15) is 0 Å². The van der Waals surface area contributed by atoms with Crippen molar-refractivity contribution >= 4 is 27.3 Å². The van der Waals surface area contributed by atoms with Crippen molar-refractivity contribution in [3.05, 3.63) is 20.8 Å². The van der Waals surface area contributed by atoms with Crippen molar-refractivity contribution in [3.63, 3.8) is 0 Å². The molecule has 1 atom stereocenters. The van der Waals surface area contributed by atoms with Crippen LogP contribution in [0.3, 0.4) is 0 Å². The van der Waals surface area contributed by atoms with E-state index in [4.69, 9.17) is 10.4 Å². The van der Waals surface area contributed by atoms with E-state index in [0.717, 1.165) is 3.79 Å². The Morgan fingerprint density at radius 1 is 1.70 bits per heavy atom. The second-order valence-electron chi connectivity index (χ2n) is 1.67. The van der Waals surface area contributed by atoms with E-state index < -0.39 is 6.10 Å². The molecular weight excluding hydrogens is 214 g/mol. The van der Waals surface area contributed by atoms with Crippen molar-refractivity contribution < 1.29 is 5.11 Å². The zero-order valence-corrected chi connectivity index (χ0v) is 7.32. The van der Waals surface area contributed by atoms with Gasteiger partial charge < -0.3 is 5.11 Å². The van der Waals surface area contributed by atoms with Crippen LogP contribution in [-0.2, 0) is 0 Å². The van der Waals surface area contributed by atoms with Crippen LogP contribution in [-0.4, -0.2) is 5.11 Å². The Balaban J connectivity index is 2.87. The van der Waals surface area contributed by atoms with Crippen LogP contribution < -0.4 is 0 Å². The van der Waals surface area contributed by atoms with E-state index in [-0.39, 0.29) is 0 Å². The number of rotatable bonds is 1. The zero-order valence-electron chi connectivity index (χ0n) is 4.91. The molecule has 1 N–H and O–H groups in total. The lowest BCUT2D eigenvalue weighted by molar-refractivity contribution is 0.240. The van der Waals surface area contributed by atoms with E-state index in [1.807, 2.05) is 0 Å². The molecule has 0 fully saturated rings. The first kappa shape index (κ1) is 7.73. The third-order valence-electron chi connectivity index (χ3n) is 0.986. The molecule has 2 nitrogen and oxygen atoms in total. The lowest BCUT2D eigenvalue weighted by atomic mass is 10.3. The second-order valence-corrected chi connectivity index (χ2v) is 4.17. The monoisotopic (exact) mass is 217 g/mol. The van der Waals surface area contributed by atoms with Crippen LogP contribution in [0.15, 0.2) is 15.9 Å². The number of nitrogens with zero attached hydrogens (tertiary/aromatic N) is 1. The number of aliphatic hydroxyl groups excluding tert-OH is 1. The van der Waals surface area contributed by atoms with Gasteiger partial charge in [-0.3, -0.25) is 0 Å². The summed E-state index contributed by atoms with van der Waals surface area (Å²) in [5.74, 6) is 0. The average molecular weight is 218 g/mol. The van der Waals surface area contributed by atoms with Gasteiger partial charge in [-0.2, -0.15) is 5.26 Å². The molecule has 1 aromatic heterocycles. The Labute approximate surface area is 70.9 Å². The summed E-state index contributed by atoms with van der Waals surface area (Å²) in [6.45, 7) is 0. The van der Waals surface area contributed by atoms with Crippen LogP contribution in [0.1, 0.15) is 11.0 Å². The first-order valence-electron chi connectivity index (χ1n) is 2.57. The van der Waals surface area contributed by atoms with Gasteiger partial charge in [-0.1, -0.05) is 0 Å². The summed E-state index contributed by atoms with van der Waals surface area (Å²) in [4.78, 5) is 0.675. The molecule has 0 saturated heterocycles. The van der Waals surface area contributed by atoms with E-state index in [1.54, 1.807) is 18.2 Å². The maximum absolute atomic E-state index is 8.97. The fourth-order valence-corrected chi connectivity index (χ4v) is 1.89. The van der Waals surface area contributed by atoms with Crippen molar-refractivity contribution in [2.45, 2.75) is 6.10 Å². The lowest BCUT2D eigenvalue weighted by Crippen LogP contribution is -1.86. The summed E-state index contributed by atoms with van der Waals surface area (Å²) in [7, 11) is 0. The van der Waals surface area contributed by atoms with E-state index >= 15 is 0 Å². The highest BCUT2D eigenvalue weighted by Crippen LogP contribution is 2.26. The number of halogens is 1. The van der Waals surface area contributed by atoms with Crippen LogP contribution in [0.2, 0.25) is 0 Å². The highest BCUT2D eigenvalue weighted by atomic mass is 79.9. The third kappa shape index (κ3) is 1.57. The Bertz CT molecular complexity index is 265. The van der Waals surface area contributed by atoms with Crippen LogP contribution in [0.5, 0.6) is 0 Å². The van der Waals surface area contributed by atoms with Crippen LogP contribution in [0, 0.1) is 11.3 Å². The Kier molecular flexibility index (Phi) is 2.44. The molecule has 10 heavy (non-hydrogen) atoms. The van der Waals surface area contributed by atoms with E-state index in [0.29, 0.717) is 4.88 Å². The first-order chi connectivity index (χ1) is 4.74. The van der Waals surface area contributed by atoms with E-state index in [1.165, 1.54) is 11.3 Å². The predicted molar refractivity (Wildman–Crippen MR) is 42.6 cm³/mol. The number of hydrogen-bond acceptors (Lipinski definition) is 3. The van der Waals surface area contributed by atoms with Crippen molar-refractivity contribution in [3.8, 4) is 6.07 Å². The molecule has 0 amide bonds. The summed E-state index contributed by atoms with van der Waals surface area (Å²) in [6.07, 6.45) is -0.976. The standard InChI is InChI=1S/C6H4BrNOS/c7-6-2-1-5(10-6)4(9)3-8/h1-2,4,9H. The minimum absolute atomic E-state index is 0.675. The fourth-order valence-electron chi connectivity index (χ4n) is 0.539. The molecule has 0 spiro atoms. The normalized spacial score (nSPS) is 12.5. The van der Waals surface area contributed by atoms with Crippen LogP contribution in [0.4, 0.5) is 0 Å². The molecule has 0 saturated carbocycles. The van der Waals surface area contributed by atoms with E-state index in [9.17, 15) is 0 Å². The minimum Gasteiger partial charge on any atom is -0.373 e. The molecule has 1 heterocycles. The summed E-state index contributed by atoms with van der Waals surface area (Å²) in [5.41, 5.74) is 0. The van der Waals surface area contributed by atoms with Crippen molar-refractivity contribution in [1.82, 2.24) is 0 Å². The van der Waals surface area contributed by atoms with Crippen LogP contribution >= 0.6 is 27.3 Å². The molecule has 0 aliphatic heterocycles. The number of nitriles is 1. The highest BCUT2D eigenvalue weighted by Gasteiger charge is 2.06. The Hall–Kier alpha value is -0.370. The fraction of sp³-hybridized carbons (Fsp3) is 0.167. The Morgan fingerprint density at radius 3 is 2.80 bits per heavy atom. The van der Waals surface area contributed by atoms with Gasteiger partial charge >= 0.3 is 0 Å². The molecule has 4 heteroatoms. The maximum Gasteiger partial charge on any atom is 0.175 e. The minimum atomic E-state index is -0.976. The number of thiophene rings is 1. The molecule has 1 rings (SSSR count). The van der Waals surface area contributed by atoms with Crippen molar-refractivity contribution in [1.29, 1.82) is 5.26 Å². The lowest BCUT2D eigenvalue weighted by Gasteiger charge is -1.92. The maximum atomic E-state index is 8.97. The molecule has 0 aromatic carbocycles. The van der Waals surface area contributed by atoms with Gasteiger partial charge in [0.15, 0.2) is 6.10 Å². The zero-order chi connectivity index (χ0) is 7.56. The molecular formula is C6H4BrNOS. The van der Waals surface area contributed by atoms with Crippen molar-refractivity contribution in [2.24, 2.45) is 0 Å². The van der Waals surface area contributed by atoms with Gasteiger partial charge in [-0.05, 0) is 28.1 Å². The molecule has 0 aliphatic rings. The molecule has 1 unspecified atom stereocenters. The summed E-state index contributed by atoms with van der Waals surface area (Å²) >= 11 is 4.59. The molecule has 52 valence electrons. The number of hydrogen-bond donors (Lipinski definition) is 1. The topological polar surface area (TPSA) is 44.0 Å². The Morgan fingerprint density at radius 2 is 2.40 bits per heavy atom.